The predicted octanol–water partition coefficient (Wildman–Crippen LogP) is 0.107. The molecule has 0 aromatic heterocycles. The van der Waals surface area contributed by atoms with Crippen molar-refractivity contribution in [3.63, 3.8) is 0 Å². The van der Waals surface area contributed by atoms with Gasteiger partial charge in [-0.25, -0.2) is 13.1 Å². The lowest BCUT2D eigenvalue weighted by Gasteiger charge is -2.26. The zero-order valence-electron chi connectivity index (χ0n) is 11.7. The van der Waals surface area contributed by atoms with Gasteiger partial charge in [-0.05, 0) is 26.0 Å². The van der Waals surface area contributed by atoms with Crippen LogP contribution >= 0.6 is 0 Å². The first-order valence-corrected chi connectivity index (χ1v) is 7.82. The molecule has 112 valence electrons. The van der Waals surface area contributed by atoms with Gasteiger partial charge in [0.2, 0.25) is 10.0 Å². The van der Waals surface area contributed by atoms with Crippen LogP contribution in [0.15, 0.2) is 18.2 Å². The maximum Gasteiger partial charge on any atom is 0.250 e. The summed E-state index contributed by atoms with van der Waals surface area (Å²) in [5, 5.41) is 3.01. The molecule has 1 rings (SSSR count). The molecule has 8 heteroatoms. The van der Waals surface area contributed by atoms with Crippen molar-refractivity contribution < 1.29 is 13.2 Å². The van der Waals surface area contributed by atoms with Gasteiger partial charge in [0, 0.05) is 12.1 Å². The van der Waals surface area contributed by atoms with Gasteiger partial charge in [0.1, 0.15) is 0 Å². The molecule has 6 N–H and O–H groups in total. The van der Waals surface area contributed by atoms with E-state index in [4.69, 9.17) is 11.5 Å². The number of nitrogen functional groups attached to an aromatic ring is 1. The number of amides is 1. The van der Waals surface area contributed by atoms with Crippen molar-refractivity contribution >= 4 is 27.3 Å². The van der Waals surface area contributed by atoms with Crippen molar-refractivity contribution in [3.8, 4) is 0 Å². The first-order chi connectivity index (χ1) is 9.02. The Labute approximate surface area is 118 Å². The van der Waals surface area contributed by atoms with E-state index in [0.29, 0.717) is 12.2 Å². The minimum atomic E-state index is -3.31. The molecule has 0 atom stereocenters. The first-order valence-electron chi connectivity index (χ1n) is 5.93. The van der Waals surface area contributed by atoms with Crippen molar-refractivity contribution in [2.24, 2.45) is 5.73 Å². The molecule has 0 unspecified atom stereocenters. The van der Waals surface area contributed by atoms with Gasteiger partial charge >= 0.3 is 0 Å². The number of hydrogen-bond donors (Lipinski definition) is 4. The Morgan fingerprint density at radius 1 is 1.35 bits per heavy atom. The molecule has 0 aliphatic carbocycles. The predicted molar refractivity (Wildman–Crippen MR) is 79.9 cm³/mol. The van der Waals surface area contributed by atoms with Crippen LogP contribution in [0.5, 0.6) is 0 Å². The minimum Gasteiger partial charge on any atom is -0.396 e. The fourth-order valence-electron chi connectivity index (χ4n) is 1.79. The molecule has 0 radical (unpaired) electrons. The summed E-state index contributed by atoms with van der Waals surface area (Å²) >= 11 is 0. The van der Waals surface area contributed by atoms with Gasteiger partial charge < -0.3 is 16.8 Å². The molecule has 0 bridgehead atoms. The highest BCUT2D eigenvalue weighted by molar-refractivity contribution is 7.88. The van der Waals surface area contributed by atoms with E-state index in [9.17, 15) is 13.2 Å². The number of rotatable bonds is 6. The van der Waals surface area contributed by atoms with Crippen LogP contribution in [-0.4, -0.2) is 32.7 Å². The molecule has 0 aliphatic rings. The summed E-state index contributed by atoms with van der Waals surface area (Å²) in [7, 11) is -3.31. The van der Waals surface area contributed by atoms with Gasteiger partial charge in [-0.15, -0.1) is 0 Å². The molecule has 1 aromatic carbocycles. The van der Waals surface area contributed by atoms with Gasteiger partial charge in [0.15, 0.2) is 0 Å². The number of carbonyl (C=O) groups is 1. The molecule has 0 aliphatic heterocycles. The van der Waals surface area contributed by atoms with Crippen molar-refractivity contribution in [2.45, 2.75) is 19.4 Å². The average Bonchev–Trinajstić information content (AvgIpc) is 2.24. The maximum atomic E-state index is 11.2. The number of nitrogens with one attached hydrogen (secondary N) is 2. The summed E-state index contributed by atoms with van der Waals surface area (Å²) in [6, 6.07) is 4.87. The quantitative estimate of drug-likeness (QED) is 0.554. The van der Waals surface area contributed by atoms with Crippen molar-refractivity contribution in [1.82, 2.24) is 4.72 Å². The van der Waals surface area contributed by atoms with Crippen LogP contribution in [-0.2, 0) is 10.0 Å². The van der Waals surface area contributed by atoms with E-state index in [1.165, 1.54) is 6.07 Å². The topological polar surface area (TPSA) is 127 Å². The largest absolute Gasteiger partial charge is 0.396 e. The molecule has 0 fully saturated rings. The molecular weight excluding hydrogens is 280 g/mol. The number of hydrogen-bond acceptors (Lipinski definition) is 5. The molecule has 20 heavy (non-hydrogen) atoms. The van der Waals surface area contributed by atoms with E-state index < -0.39 is 21.5 Å². The van der Waals surface area contributed by atoms with Gasteiger partial charge in [0.25, 0.3) is 5.91 Å². The molecule has 1 amide bonds. The second-order valence-corrected chi connectivity index (χ2v) is 6.99. The van der Waals surface area contributed by atoms with Gasteiger partial charge in [-0.1, -0.05) is 6.07 Å². The highest BCUT2D eigenvalue weighted by Crippen LogP contribution is 2.23. The summed E-state index contributed by atoms with van der Waals surface area (Å²) in [6.07, 6.45) is 1.09. The van der Waals surface area contributed by atoms with Crippen LogP contribution in [0.2, 0.25) is 0 Å². The lowest BCUT2D eigenvalue weighted by atomic mass is 10.1. The number of nitrogens with two attached hydrogens (primary N) is 2. The van der Waals surface area contributed by atoms with Crippen LogP contribution in [0.4, 0.5) is 11.4 Å². The Hall–Kier alpha value is -1.80. The Morgan fingerprint density at radius 2 is 1.95 bits per heavy atom. The van der Waals surface area contributed by atoms with E-state index in [0.717, 1.165) is 6.26 Å². The normalized spacial score (nSPS) is 12.2. The molecule has 0 saturated carbocycles. The number of para-hydroxylation sites is 1. The Kier molecular flexibility index (Phi) is 4.61. The van der Waals surface area contributed by atoms with E-state index >= 15 is 0 Å². The fourth-order valence-corrected chi connectivity index (χ4v) is 2.86. The van der Waals surface area contributed by atoms with Gasteiger partial charge in [-0.3, -0.25) is 4.79 Å². The number of primary amides is 1. The van der Waals surface area contributed by atoms with Gasteiger partial charge in [0.05, 0.1) is 23.2 Å². The summed E-state index contributed by atoms with van der Waals surface area (Å²) in [4.78, 5) is 11.2. The standard InChI is InChI=1S/C12H20N4O3S/c1-12(2,16-20(3,18)19)7-15-9-6-4-5-8(10(9)13)11(14)17/h4-6,15-16H,7,13H2,1-3H3,(H2,14,17). The zero-order valence-corrected chi connectivity index (χ0v) is 12.5. The average molecular weight is 300 g/mol. The Balaban J connectivity index is 2.85. The summed E-state index contributed by atoms with van der Waals surface area (Å²) in [6.45, 7) is 3.76. The van der Waals surface area contributed by atoms with Crippen LogP contribution < -0.4 is 21.5 Å². The molecular formula is C12H20N4O3S. The van der Waals surface area contributed by atoms with Crippen LogP contribution in [0.1, 0.15) is 24.2 Å². The molecule has 1 aromatic rings. The lowest BCUT2D eigenvalue weighted by Crippen LogP contribution is -2.47. The first kappa shape index (κ1) is 16.3. The molecule has 0 saturated heterocycles. The third-order valence-electron chi connectivity index (χ3n) is 2.55. The van der Waals surface area contributed by atoms with Gasteiger partial charge in [-0.2, -0.15) is 0 Å². The zero-order chi connectivity index (χ0) is 15.6. The van der Waals surface area contributed by atoms with E-state index in [2.05, 4.69) is 10.0 Å². The fraction of sp³-hybridized carbons (Fsp3) is 0.417. The van der Waals surface area contributed by atoms with Crippen molar-refractivity contribution in [3.05, 3.63) is 23.8 Å². The van der Waals surface area contributed by atoms with Crippen LogP contribution in [0, 0.1) is 0 Å². The smallest absolute Gasteiger partial charge is 0.250 e. The second kappa shape index (κ2) is 5.68. The van der Waals surface area contributed by atoms with E-state index in [1.54, 1.807) is 26.0 Å². The van der Waals surface area contributed by atoms with Crippen molar-refractivity contribution in [2.75, 3.05) is 23.9 Å². The van der Waals surface area contributed by atoms with E-state index in [-0.39, 0.29) is 11.3 Å². The van der Waals surface area contributed by atoms with Crippen LogP contribution in [0.25, 0.3) is 0 Å². The van der Waals surface area contributed by atoms with E-state index in [1.807, 2.05) is 0 Å². The number of benzene rings is 1. The van der Waals surface area contributed by atoms with Crippen LogP contribution in [0.3, 0.4) is 0 Å². The SMILES string of the molecule is CC(C)(CNc1cccc(C(N)=O)c1N)NS(C)(=O)=O. The molecule has 0 heterocycles. The summed E-state index contributed by atoms with van der Waals surface area (Å²) in [5.41, 5.74) is 11.3. The number of sulfonamides is 1. The third kappa shape index (κ3) is 4.71. The number of carbonyl (C=O) groups excluding carboxylic acids is 1. The third-order valence-corrected chi connectivity index (χ3v) is 3.48. The second-order valence-electron chi connectivity index (χ2n) is 5.24. The number of anilines is 2. The summed E-state index contributed by atoms with van der Waals surface area (Å²) in [5.74, 6) is -0.611. The summed E-state index contributed by atoms with van der Waals surface area (Å²) < 4.78 is 25.0. The molecule has 0 spiro atoms. The lowest BCUT2D eigenvalue weighted by molar-refractivity contribution is 0.100. The maximum absolute atomic E-state index is 11.2. The van der Waals surface area contributed by atoms with Crippen molar-refractivity contribution in [1.29, 1.82) is 0 Å². The monoisotopic (exact) mass is 300 g/mol. The molecule has 7 nitrogen and oxygen atoms in total. The Bertz CT molecular complexity index is 611. The highest BCUT2D eigenvalue weighted by Gasteiger charge is 2.22. The highest BCUT2D eigenvalue weighted by atomic mass is 32.2. The minimum absolute atomic E-state index is 0.226. The Morgan fingerprint density at radius 3 is 2.45 bits per heavy atom.